The molecule has 1 aliphatic heterocycles. The summed E-state index contributed by atoms with van der Waals surface area (Å²) in [5.74, 6) is -0.464. The first-order chi connectivity index (χ1) is 19.0. The maximum atomic E-state index is 13.0. The van der Waals surface area contributed by atoms with Crippen LogP contribution in [-0.4, -0.2) is 55.0 Å². The number of carbonyl (C=O) groups excluding carboxylic acids is 2. The van der Waals surface area contributed by atoms with Crippen LogP contribution in [0.15, 0.2) is 15.8 Å². The standard InChI is InChI=1S/C27H35Cl2N5O5S/c1-27(2,22-16(28)10-15(11-17(22)29)34-26(38)32-21(36)13-30-34)25-33-23(14-6-4-3-5-7-14)19(40-25)12-20(35)31-18-8-9-39-24(18)37/h13-18,22H,3-12H2,1-2H3,(H,31,35)(H,32,36,38). The molecule has 1 amide bonds. The normalized spacial score (nSPS) is 27.9. The van der Waals surface area contributed by atoms with E-state index < -0.39 is 22.7 Å². The molecule has 5 rings (SSSR count). The van der Waals surface area contributed by atoms with Crippen LogP contribution in [0.5, 0.6) is 0 Å². The number of hydrogen-bond donors (Lipinski definition) is 2. The van der Waals surface area contributed by atoms with Crippen molar-refractivity contribution in [2.75, 3.05) is 6.61 Å². The Morgan fingerprint density at radius 3 is 2.48 bits per heavy atom. The molecule has 13 heteroatoms. The van der Waals surface area contributed by atoms with Gasteiger partial charge in [0.2, 0.25) is 5.91 Å². The molecule has 0 spiro atoms. The van der Waals surface area contributed by atoms with E-state index in [9.17, 15) is 19.2 Å². The largest absolute Gasteiger partial charge is 0.464 e. The number of nitrogens with zero attached hydrogens (tertiary/aromatic N) is 3. The minimum Gasteiger partial charge on any atom is -0.464 e. The highest BCUT2D eigenvalue weighted by atomic mass is 35.5. The van der Waals surface area contributed by atoms with Crippen LogP contribution in [0.2, 0.25) is 0 Å². The van der Waals surface area contributed by atoms with Crippen LogP contribution in [0.4, 0.5) is 0 Å². The molecule has 40 heavy (non-hydrogen) atoms. The van der Waals surface area contributed by atoms with Crippen molar-refractivity contribution in [1.29, 1.82) is 0 Å². The van der Waals surface area contributed by atoms with Crippen LogP contribution in [0.25, 0.3) is 0 Å². The second-order valence-corrected chi connectivity index (χ2v) is 13.9. The summed E-state index contributed by atoms with van der Waals surface area (Å²) in [6.45, 7) is 4.51. The van der Waals surface area contributed by atoms with E-state index in [1.165, 1.54) is 22.4 Å². The highest BCUT2D eigenvalue weighted by molar-refractivity contribution is 7.12. The molecular formula is C27H35Cl2N5O5S. The number of hydrogen-bond acceptors (Lipinski definition) is 8. The zero-order valence-corrected chi connectivity index (χ0v) is 25.0. The van der Waals surface area contributed by atoms with Gasteiger partial charge in [0, 0.05) is 39.3 Å². The van der Waals surface area contributed by atoms with Gasteiger partial charge in [0.05, 0.1) is 29.8 Å². The van der Waals surface area contributed by atoms with Crippen molar-refractivity contribution in [1.82, 2.24) is 25.1 Å². The molecule has 3 atom stereocenters. The summed E-state index contributed by atoms with van der Waals surface area (Å²) in [6.07, 6.45) is 8.20. The molecule has 2 aliphatic carbocycles. The minimum absolute atomic E-state index is 0.158. The summed E-state index contributed by atoms with van der Waals surface area (Å²) >= 11 is 15.5. The van der Waals surface area contributed by atoms with Gasteiger partial charge in [0.1, 0.15) is 12.2 Å². The van der Waals surface area contributed by atoms with Crippen molar-refractivity contribution in [2.45, 2.75) is 106 Å². The lowest BCUT2D eigenvalue weighted by molar-refractivity contribution is -0.141. The average molecular weight is 613 g/mol. The first-order valence-corrected chi connectivity index (χ1v) is 15.7. The quantitative estimate of drug-likeness (QED) is 0.361. The Morgan fingerprint density at radius 1 is 1.15 bits per heavy atom. The van der Waals surface area contributed by atoms with Crippen molar-refractivity contribution in [3.8, 4) is 0 Å². The Hall–Kier alpha value is -2.24. The molecule has 3 fully saturated rings. The van der Waals surface area contributed by atoms with Crippen LogP contribution in [-0.2, 0) is 26.2 Å². The Balaban J connectivity index is 1.39. The number of alkyl halides is 2. The van der Waals surface area contributed by atoms with E-state index in [2.05, 4.69) is 29.2 Å². The van der Waals surface area contributed by atoms with E-state index in [1.807, 2.05) is 0 Å². The van der Waals surface area contributed by atoms with Gasteiger partial charge in [-0.1, -0.05) is 33.1 Å². The van der Waals surface area contributed by atoms with E-state index in [4.69, 9.17) is 32.9 Å². The topological polar surface area (TPSA) is 136 Å². The average Bonchev–Trinajstić information content (AvgIpc) is 3.50. The van der Waals surface area contributed by atoms with E-state index in [0.717, 1.165) is 47.5 Å². The first-order valence-electron chi connectivity index (χ1n) is 14.0. The number of aromatic amines is 1. The van der Waals surface area contributed by atoms with E-state index in [-0.39, 0.29) is 41.0 Å². The Morgan fingerprint density at radius 2 is 1.85 bits per heavy atom. The molecule has 10 nitrogen and oxygen atoms in total. The number of amides is 1. The SMILES string of the molecule is CC(C)(c1nc(C2CCCCC2)c(CC(=O)NC2CCOC2=O)s1)C1C(Cl)CC(n2ncc(=O)[nH]c2=O)CC1Cl. The molecule has 2 saturated carbocycles. The molecule has 2 aromatic rings. The second kappa shape index (κ2) is 11.9. The summed E-state index contributed by atoms with van der Waals surface area (Å²) < 4.78 is 6.25. The lowest BCUT2D eigenvalue weighted by atomic mass is 9.69. The third kappa shape index (κ3) is 6.01. The number of esters is 1. The second-order valence-electron chi connectivity index (χ2n) is 11.7. The highest BCUT2D eigenvalue weighted by Crippen LogP contribution is 2.49. The van der Waals surface area contributed by atoms with Gasteiger partial charge in [-0.15, -0.1) is 34.5 Å². The van der Waals surface area contributed by atoms with Gasteiger partial charge in [0.25, 0.3) is 5.56 Å². The van der Waals surface area contributed by atoms with Gasteiger partial charge < -0.3 is 10.1 Å². The summed E-state index contributed by atoms with van der Waals surface area (Å²) in [6, 6.07) is -0.930. The lowest BCUT2D eigenvalue weighted by Gasteiger charge is -2.44. The van der Waals surface area contributed by atoms with Gasteiger partial charge in [-0.3, -0.25) is 14.6 Å². The minimum atomic E-state index is -0.594. The molecule has 2 N–H and O–H groups in total. The third-order valence-electron chi connectivity index (χ3n) is 8.55. The molecule has 0 radical (unpaired) electrons. The van der Waals surface area contributed by atoms with Crippen molar-refractivity contribution in [2.24, 2.45) is 5.92 Å². The zero-order chi connectivity index (χ0) is 28.6. The molecule has 3 unspecified atom stereocenters. The van der Waals surface area contributed by atoms with Crippen molar-refractivity contribution in [3.63, 3.8) is 0 Å². The molecule has 3 heterocycles. The number of halogens is 2. The van der Waals surface area contributed by atoms with Crippen molar-refractivity contribution in [3.05, 3.63) is 42.6 Å². The van der Waals surface area contributed by atoms with E-state index in [1.54, 1.807) is 0 Å². The van der Waals surface area contributed by atoms with Crippen LogP contribution >= 0.6 is 34.5 Å². The third-order valence-corrected chi connectivity index (χ3v) is 10.9. The maximum absolute atomic E-state index is 13.0. The number of cyclic esters (lactones) is 1. The molecule has 218 valence electrons. The molecule has 2 aromatic heterocycles. The fourth-order valence-corrected chi connectivity index (χ4v) is 9.25. The Labute approximate surface area is 246 Å². The van der Waals surface area contributed by atoms with Crippen LogP contribution in [0, 0.1) is 5.92 Å². The molecule has 0 bridgehead atoms. The van der Waals surface area contributed by atoms with Crippen LogP contribution in [0.1, 0.15) is 92.8 Å². The molecule has 3 aliphatic rings. The van der Waals surface area contributed by atoms with Crippen molar-refractivity contribution < 1.29 is 14.3 Å². The lowest BCUT2D eigenvalue weighted by Crippen LogP contribution is -2.48. The predicted molar refractivity (Wildman–Crippen MR) is 152 cm³/mol. The molecule has 1 saturated heterocycles. The fourth-order valence-electron chi connectivity index (χ4n) is 6.48. The number of aromatic nitrogens is 4. The predicted octanol–water partition coefficient (Wildman–Crippen LogP) is 3.55. The Bertz CT molecular complexity index is 1360. The first kappa shape index (κ1) is 29.3. The molecule has 0 aromatic carbocycles. The summed E-state index contributed by atoms with van der Waals surface area (Å²) in [7, 11) is 0. The van der Waals surface area contributed by atoms with Crippen LogP contribution < -0.4 is 16.6 Å². The number of ether oxygens (including phenoxy) is 1. The number of carbonyl (C=O) groups is 2. The van der Waals surface area contributed by atoms with Gasteiger partial charge in [-0.25, -0.2) is 19.3 Å². The summed E-state index contributed by atoms with van der Waals surface area (Å²) in [4.78, 5) is 57.0. The summed E-state index contributed by atoms with van der Waals surface area (Å²) in [5.41, 5.74) is -0.655. The fraction of sp³-hybridized carbons (Fsp3) is 0.704. The summed E-state index contributed by atoms with van der Waals surface area (Å²) in [5, 5.41) is 6.98. The highest BCUT2D eigenvalue weighted by Gasteiger charge is 2.48. The van der Waals surface area contributed by atoms with E-state index >= 15 is 0 Å². The Kier molecular flexibility index (Phi) is 8.73. The number of thiazole rings is 1. The van der Waals surface area contributed by atoms with Crippen LogP contribution in [0.3, 0.4) is 0 Å². The van der Waals surface area contributed by atoms with Gasteiger partial charge in [-0.2, -0.15) is 5.10 Å². The zero-order valence-electron chi connectivity index (χ0n) is 22.7. The smallest absolute Gasteiger partial charge is 0.345 e. The number of H-pyrrole nitrogens is 1. The van der Waals surface area contributed by atoms with Crippen molar-refractivity contribution >= 4 is 46.4 Å². The number of rotatable bonds is 7. The van der Waals surface area contributed by atoms with Gasteiger partial charge >= 0.3 is 11.7 Å². The maximum Gasteiger partial charge on any atom is 0.345 e. The molecular weight excluding hydrogens is 577 g/mol. The van der Waals surface area contributed by atoms with Gasteiger partial charge in [0.15, 0.2) is 0 Å². The number of nitrogens with one attached hydrogen (secondary N) is 2. The van der Waals surface area contributed by atoms with E-state index in [0.29, 0.717) is 31.8 Å². The monoisotopic (exact) mass is 611 g/mol. The van der Waals surface area contributed by atoms with Gasteiger partial charge in [-0.05, 0) is 25.7 Å².